The molecule has 0 aliphatic carbocycles. The molecule has 2 N–H and O–H groups in total. The Morgan fingerprint density at radius 2 is 1.71 bits per heavy atom. The molecule has 4 aromatic rings. The molecule has 31 heavy (non-hydrogen) atoms. The molecular weight excluding hydrogens is 406 g/mol. The van der Waals surface area contributed by atoms with Crippen LogP contribution in [0.1, 0.15) is 28.2 Å². The summed E-state index contributed by atoms with van der Waals surface area (Å²) >= 11 is 1.50. The third-order valence-electron chi connectivity index (χ3n) is 5.32. The Bertz CT molecular complexity index is 1200. The lowest BCUT2D eigenvalue weighted by molar-refractivity contribution is 0.103. The molecule has 0 bridgehead atoms. The van der Waals surface area contributed by atoms with Gasteiger partial charge in [-0.3, -0.25) is 4.79 Å². The van der Waals surface area contributed by atoms with Gasteiger partial charge in [0.15, 0.2) is 0 Å². The zero-order valence-electron chi connectivity index (χ0n) is 17.3. The molecule has 1 aliphatic rings. The standard InChI is InChI=1S/C24H23N5OS/c1-16-14-22(29-12-4-5-13-29)28-24(25-16)27-19-10-8-18(9-11-19)26-23(30)21-15-17-6-2-3-7-20(17)31-21/h2-3,6-11,14-15H,4-5,12-13H2,1H3,(H,26,30)(H,25,27,28). The number of rotatable bonds is 5. The van der Waals surface area contributed by atoms with Crippen molar-refractivity contribution in [2.24, 2.45) is 0 Å². The number of hydrogen-bond donors (Lipinski definition) is 2. The van der Waals surface area contributed by atoms with Crippen LogP contribution in [0.3, 0.4) is 0 Å². The van der Waals surface area contributed by atoms with Gasteiger partial charge in [0.1, 0.15) is 5.82 Å². The number of fused-ring (bicyclic) bond motifs is 1. The third-order valence-corrected chi connectivity index (χ3v) is 6.43. The number of thiophene rings is 1. The van der Waals surface area contributed by atoms with Crippen LogP contribution in [0.2, 0.25) is 0 Å². The van der Waals surface area contributed by atoms with Crippen LogP contribution in [0.25, 0.3) is 10.1 Å². The molecule has 1 amide bonds. The molecule has 1 fully saturated rings. The Morgan fingerprint density at radius 3 is 2.48 bits per heavy atom. The number of amides is 1. The number of aryl methyl sites for hydroxylation is 1. The van der Waals surface area contributed by atoms with E-state index in [1.165, 1.54) is 24.2 Å². The van der Waals surface area contributed by atoms with Crippen LogP contribution in [-0.4, -0.2) is 29.0 Å². The number of aromatic nitrogens is 2. The molecular formula is C24H23N5OS. The van der Waals surface area contributed by atoms with Gasteiger partial charge < -0.3 is 15.5 Å². The van der Waals surface area contributed by atoms with Gasteiger partial charge in [-0.1, -0.05) is 18.2 Å². The number of nitrogens with one attached hydrogen (secondary N) is 2. The van der Waals surface area contributed by atoms with E-state index < -0.39 is 0 Å². The minimum Gasteiger partial charge on any atom is -0.356 e. The molecule has 0 radical (unpaired) electrons. The molecule has 0 saturated carbocycles. The molecule has 5 rings (SSSR count). The number of hydrogen-bond acceptors (Lipinski definition) is 6. The van der Waals surface area contributed by atoms with Crippen molar-refractivity contribution < 1.29 is 4.79 Å². The maximum Gasteiger partial charge on any atom is 0.265 e. The zero-order chi connectivity index (χ0) is 21.2. The van der Waals surface area contributed by atoms with Crippen molar-refractivity contribution in [2.45, 2.75) is 19.8 Å². The van der Waals surface area contributed by atoms with Crippen molar-refractivity contribution in [3.8, 4) is 0 Å². The second-order valence-corrected chi connectivity index (χ2v) is 8.77. The molecule has 1 saturated heterocycles. The lowest BCUT2D eigenvalue weighted by Crippen LogP contribution is -2.19. The van der Waals surface area contributed by atoms with Gasteiger partial charge in [-0.2, -0.15) is 4.98 Å². The Balaban J connectivity index is 1.27. The van der Waals surface area contributed by atoms with Gasteiger partial charge in [-0.15, -0.1) is 11.3 Å². The topological polar surface area (TPSA) is 70.2 Å². The summed E-state index contributed by atoms with van der Waals surface area (Å²) in [4.78, 5) is 24.8. The second kappa shape index (κ2) is 8.35. The van der Waals surface area contributed by atoms with Crippen LogP contribution >= 0.6 is 11.3 Å². The van der Waals surface area contributed by atoms with Gasteiger partial charge in [0, 0.05) is 40.9 Å². The van der Waals surface area contributed by atoms with E-state index in [2.05, 4.69) is 25.5 Å². The first kappa shape index (κ1) is 19.5. The highest BCUT2D eigenvalue weighted by atomic mass is 32.1. The van der Waals surface area contributed by atoms with E-state index >= 15 is 0 Å². The molecule has 0 unspecified atom stereocenters. The number of carbonyl (C=O) groups excluding carboxylic acids is 1. The summed E-state index contributed by atoms with van der Waals surface area (Å²) in [6.07, 6.45) is 2.42. The lowest BCUT2D eigenvalue weighted by Gasteiger charge is -2.17. The highest BCUT2D eigenvalue weighted by molar-refractivity contribution is 7.20. The molecule has 156 valence electrons. The average molecular weight is 430 g/mol. The molecule has 6 nitrogen and oxygen atoms in total. The lowest BCUT2D eigenvalue weighted by atomic mass is 10.2. The fraction of sp³-hybridized carbons (Fsp3) is 0.208. The minimum atomic E-state index is -0.0980. The number of nitrogens with zero attached hydrogens (tertiary/aromatic N) is 3. The molecule has 2 aromatic heterocycles. The fourth-order valence-electron chi connectivity index (χ4n) is 3.77. The van der Waals surface area contributed by atoms with Crippen LogP contribution in [0.4, 0.5) is 23.1 Å². The van der Waals surface area contributed by atoms with Crippen molar-refractivity contribution in [1.82, 2.24) is 9.97 Å². The van der Waals surface area contributed by atoms with E-state index in [-0.39, 0.29) is 5.91 Å². The van der Waals surface area contributed by atoms with Crippen LogP contribution < -0.4 is 15.5 Å². The minimum absolute atomic E-state index is 0.0980. The Hall–Kier alpha value is -3.45. The van der Waals surface area contributed by atoms with Crippen molar-refractivity contribution in [2.75, 3.05) is 28.6 Å². The highest BCUT2D eigenvalue weighted by Crippen LogP contribution is 2.27. The summed E-state index contributed by atoms with van der Waals surface area (Å²) in [6, 6.07) is 19.6. The van der Waals surface area contributed by atoms with Crippen molar-refractivity contribution >= 4 is 50.5 Å². The summed E-state index contributed by atoms with van der Waals surface area (Å²) in [5, 5.41) is 7.34. The van der Waals surface area contributed by atoms with Gasteiger partial charge in [-0.25, -0.2) is 4.98 Å². The summed E-state index contributed by atoms with van der Waals surface area (Å²) in [5.41, 5.74) is 2.56. The van der Waals surface area contributed by atoms with Crippen LogP contribution in [0.5, 0.6) is 0 Å². The van der Waals surface area contributed by atoms with E-state index in [1.54, 1.807) is 0 Å². The van der Waals surface area contributed by atoms with E-state index in [4.69, 9.17) is 0 Å². The summed E-state index contributed by atoms with van der Waals surface area (Å²) in [7, 11) is 0. The fourth-order valence-corrected chi connectivity index (χ4v) is 4.73. The molecule has 3 heterocycles. The largest absolute Gasteiger partial charge is 0.356 e. The van der Waals surface area contributed by atoms with Crippen LogP contribution in [-0.2, 0) is 0 Å². The SMILES string of the molecule is Cc1cc(N2CCCC2)nc(Nc2ccc(NC(=O)c3cc4ccccc4s3)cc2)n1. The van der Waals surface area contributed by atoms with Gasteiger partial charge in [0.2, 0.25) is 5.95 Å². The maximum atomic E-state index is 12.6. The summed E-state index contributed by atoms with van der Waals surface area (Å²) < 4.78 is 1.11. The van der Waals surface area contributed by atoms with Gasteiger partial charge >= 0.3 is 0 Å². The Labute approximate surface area is 185 Å². The highest BCUT2D eigenvalue weighted by Gasteiger charge is 2.15. The predicted molar refractivity (Wildman–Crippen MR) is 128 cm³/mol. The first-order chi connectivity index (χ1) is 15.1. The maximum absolute atomic E-state index is 12.6. The molecule has 7 heteroatoms. The van der Waals surface area contributed by atoms with E-state index in [0.29, 0.717) is 10.8 Å². The van der Waals surface area contributed by atoms with Gasteiger partial charge in [0.05, 0.1) is 4.88 Å². The average Bonchev–Trinajstić information content (AvgIpc) is 3.45. The van der Waals surface area contributed by atoms with E-state index in [1.807, 2.05) is 67.6 Å². The van der Waals surface area contributed by atoms with Gasteiger partial charge in [-0.05, 0) is 61.5 Å². The predicted octanol–water partition coefficient (Wildman–Crippen LogP) is 5.60. The molecule has 1 aliphatic heterocycles. The van der Waals surface area contributed by atoms with Crippen molar-refractivity contribution in [3.63, 3.8) is 0 Å². The third kappa shape index (κ3) is 4.36. The van der Waals surface area contributed by atoms with Gasteiger partial charge in [0.25, 0.3) is 5.91 Å². The van der Waals surface area contributed by atoms with Crippen molar-refractivity contribution in [3.05, 3.63) is 71.2 Å². The van der Waals surface area contributed by atoms with E-state index in [9.17, 15) is 4.79 Å². The van der Waals surface area contributed by atoms with Crippen LogP contribution in [0.15, 0.2) is 60.7 Å². The number of anilines is 4. The summed E-state index contributed by atoms with van der Waals surface area (Å²) in [5.74, 6) is 1.46. The normalized spacial score (nSPS) is 13.5. The first-order valence-electron chi connectivity index (χ1n) is 10.4. The smallest absolute Gasteiger partial charge is 0.265 e. The monoisotopic (exact) mass is 429 g/mol. The molecule has 0 atom stereocenters. The summed E-state index contributed by atoms with van der Waals surface area (Å²) in [6.45, 7) is 4.08. The molecule has 0 spiro atoms. The Kier molecular flexibility index (Phi) is 5.26. The van der Waals surface area contributed by atoms with Crippen molar-refractivity contribution in [1.29, 1.82) is 0 Å². The quantitative estimate of drug-likeness (QED) is 0.432. The van der Waals surface area contributed by atoms with Crippen LogP contribution in [0, 0.1) is 6.92 Å². The molecule has 2 aromatic carbocycles. The first-order valence-corrected chi connectivity index (χ1v) is 11.2. The number of benzene rings is 2. The Morgan fingerprint density at radius 1 is 0.968 bits per heavy atom. The van der Waals surface area contributed by atoms with E-state index in [0.717, 1.165) is 46.1 Å². The second-order valence-electron chi connectivity index (χ2n) is 7.69. The number of carbonyl (C=O) groups is 1. The zero-order valence-corrected chi connectivity index (χ0v) is 18.1.